The average molecular weight is 392 g/mol. The molecule has 26 heavy (non-hydrogen) atoms. The van der Waals surface area contributed by atoms with Gasteiger partial charge in [0.1, 0.15) is 0 Å². The van der Waals surface area contributed by atoms with E-state index in [0.29, 0.717) is 10.6 Å². The predicted octanol–water partition coefficient (Wildman–Crippen LogP) is 3.74. The molecule has 0 saturated carbocycles. The van der Waals surface area contributed by atoms with Gasteiger partial charge in [-0.05, 0) is 50.2 Å². The van der Waals surface area contributed by atoms with Crippen molar-refractivity contribution in [3.8, 4) is 0 Å². The number of carbonyl (C=O) groups excluding carboxylic acids is 2. The van der Waals surface area contributed by atoms with Gasteiger partial charge in [0.15, 0.2) is 0 Å². The lowest BCUT2D eigenvalue weighted by atomic mass is 10.2. The van der Waals surface area contributed by atoms with E-state index in [4.69, 9.17) is 11.6 Å². The number of nitrogens with zero attached hydrogens (tertiary/aromatic N) is 1. The zero-order valence-corrected chi connectivity index (χ0v) is 16.4. The summed E-state index contributed by atoms with van der Waals surface area (Å²) in [6.45, 7) is 5.98. The molecule has 0 spiro atoms. The number of carbonyl (C=O) groups is 2. The third-order valence-corrected chi connectivity index (χ3v) is 5.28. The van der Waals surface area contributed by atoms with E-state index in [2.05, 4.69) is 29.6 Å². The lowest BCUT2D eigenvalue weighted by molar-refractivity contribution is -0.119. The molecular weight excluding hydrogens is 370 g/mol. The molecule has 2 aromatic rings. The molecule has 2 rings (SSSR count). The molecular formula is C19H22ClN3O2S. The van der Waals surface area contributed by atoms with Gasteiger partial charge in [-0.3, -0.25) is 20.4 Å². The third-order valence-electron chi connectivity index (χ3n) is 3.77. The van der Waals surface area contributed by atoms with Crippen LogP contribution < -0.4 is 15.8 Å². The van der Waals surface area contributed by atoms with Crippen LogP contribution in [0.5, 0.6) is 0 Å². The maximum Gasteiger partial charge on any atom is 0.269 e. The van der Waals surface area contributed by atoms with Gasteiger partial charge in [-0.2, -0.15) is 0 Å². The summed E-state index contributed by atoms with van der Waals surface area (Å²) in [5.74, 6) is -0.500. The van der Waals surface area contributed by atoms with Crippen molar-refractivity contribution in [2.24, 2.45) is 0 Å². The van der Waals surface area contributed by atoms with E-state index < -0.39 is 0 Å². The molecule has 0 aromatic heterocycles. The van der Waals surface area contributed by atoms with Crippen LogP contribution in [-0.4, -0.2) is 30.7 Å². The molecule has 2 amide bonds. The van der Waals surface area contributed by atoms with Crippen LogP contribution in [0.1, 0.15) is 24.2 Å². The summed E-state index contributed by atoms with van der Waals surface area (Å²) in [6.07, 6.45) is 0. The minimum atomic E-state index is -0.354. The first-order chi connectivity index (χ1) is 12.5. The summed E-state index contributed by atoms with van der Waals surface area (Å²) in [7, 11) is 0. The standard InChI is InChI=1S/C19H22ClN3O2S/c1-3-23(4-2)15-11-9-14(10-12-15)19(25)22-21-18(24)13-26-17-8-6-5-7-16(17)20/h5-12H,3-4,13H2,1-2H3,(H,21,24)(H,22,25). The molecule has 0 heterocycles. The number of anilines is 1. The lowest BCUT2D eigenvalue weighted by Crippen LogP contribution is -2.42. The van der Waals surface area contributed by atoms with Crippen LogP contribution in [0.25, 0.3) is 0 Å². The fourth-order valence-electron chi connectivity index (χ4n) is 2.35. The molecule has 0 aliphatic carbocycles. The summed E-state index contributed by atoms with van der Waals surface area (Å²) >= 11 is 7.36. The Labute approximate surface area is 163 Å². The van der Waals surface area contributed by atoms with Crippen molar-refractivity contribution < 1.29 is 9.59 Å². The van der Waals surface area contributed by atoms with E-state index >= 15 is 0 Å². The van der Waals surface area contributed by atoms with Gasteiger partial charge >= 0.3 is 0 Å². The van der Waals surface area contributed by atoms with Gasteiger partial charge in [-0.1, -0.05) is 23.7 Å². The van der Waals surface area contributed by atoms with Gasteiger partial charge in [0, 0.05) is 29.2 Å². The summed E-state index contributed by atoms with van der Waals surface area (Å²) in [6, 6.07) is 14.6. The molecule has 0 atom stereocenters. The summed E-state index contributed by atoms with van der Waals surface area (Å²) in [5.41, 5.74) is 6.39. The lowest BCUT2D eigenvalue weighted by Gasteiger charge is -2.21. The number of nitrogens with one attached hydrogen (secondary N) is 2. The Hall–Kier alpha value is -2.18. The first-order valence-corrected chi connectivity index (χ1v) is 9.73. The van der Waals surface area contributed by atoms with Crippen LogP contribution in [-0.2, 0) is 4.79 Å². The molecule has 7 heteroatoms. The number of hydrogen-bond donors (Lipinski definition) is 2. The van der Waals surface area contributed by atoms with Crippen LogP contribution in [0.4, 0.5) is 5.69 Å². The number of hydrogen-bond acceptors (Lipinski definition) is 4. The summed E-state index contributed by atoms with van der Waals surface area (Å²) in [5, 5.41) is 0.600. The van der Waals surface area contributed by atoms with Crippen molar-refractivity contribution in [2.45, 2.75) is 18.7 Å². The molecule has 0 bridgehead atoms. The second-order valence-electron chi connectivity index (χ2n) is 5.44. The van der Waals surface area contributed by atoms with E-state index in [-0.39, 0.29) is 17.6 Å². The quantitative estimate of drug-likeness (QED) is 0.557. The second-order valence-corrected chi connectivity index (χ2v) is 6.86. The Morgan fingerprint density at radius 3 is 2.27 bits per heavy atom. The number of amides is 2. The van der Waals surface area contributed by atoms with Crippen molar-refractivity contribution in [2.75, 3.05) is 23.7 Å². The maximum absolute atomic E-state index is 12.1. The Bertz CT molecular complexity index is 749. The Kier molecular flexibility index (Phi) is 7.81. The highest BCUT2D eigenvalue weighted by molar-refractivity contribution is 8.00. The first-order valence-electron chi connectivity index (χ1n) is 8.36. The van der Waals surface area contributed by atoms with Gasteiger partial charge in [0.25, 0.3) is 5.91 Å². The van der Waals surface area contributed by atoms with Crippen molar-refractivity contribution in [1.29, 1.82) is 0 Å². The van der Waals surface area contributed by atoms with Gasteiger partial charge in [-0.25, -0.2) is 0 Å². The Morgan fingerprint density at radius 2 is 1.65 bits per heavy atom. The molecule has 2 N–H and O–H groups in total. The minimum Gasteiger partial charge on any atom is -0.372 e. The molecule has 0 aliphatic rings. The molecule has 0 fully saturated rings. The van der Waals surface area contributed by atoms with E-state index in [1.807, 2.05) is 30.3 Å². The number of halogens is 1. The zero-order valence-electron chi connectivity index (χ0n) is 14.8. The highest BCUT2D eigenvalue weighted by Gasteiger charge is 2.10. The fraction of sp³-hybridized carbons (Fsp3) is 0.263. The number of thioether (sulfide) groups is 1. The minimum absolute atomic E-state index is 0.158. The van der Waals surface area contributed by atoms with E-state index in [1.165, 1.54) is 11.8 Å². The highest BCUT2D eigenvalue weighted by Crippen LogP contribution is 2.26. The number of hydrazine groups is 1. The SMILES string of the molecule is CCN(CC)c1ccc(C(=O)NNC(=O)CSc2ccccc2Cl)cc1. The largest absolute Gasteiger partial charge is 0.372 e. The normalized spacial score (nSPS) is 10.3. The second kappa shape index (κ2) is 10.1. The molecule has 0 unspecified atom stereocenters. The van der Waals surface area contributed by atoms with Gasteiger partial charge in [0.05, 0.1) is 10.8 Å². The topological polar surface area (TPSA) is 61.4 Å². The predicted molar refractivity (Wildman–Crippen MR) is 108 cm³/mol. The molecule has 138 valence electrons. The van der Waals surface area contributed by atoms with Gasteiger partial charge in [0.2, 0.25) is 5.91 Å². The van der Waals surface area contributed by atoms with Crippen LogP contribution in [0.3, 0.4) is 0 Å². The maximum atomic E-state index is 12.1. The molecule has 0 saturated heterocycles. The van der Waals surface area contributed by atoms with Gasteiger partial charge < -0.3 is 4.90 Å². The van der Waals surface area contributed by atoms with Crippen LogP contribution in [0.2, 0.25) is 5.02 Å². The Balaban J connectivity index is 1.82. The van der Waals surface area contributed by atoms with Crippen LogP contribution in [0, 0.1) is 0 Å². The first kappa shape index (κ1) is 20.1. The summed E-state index contributed by atoms with van der Waals surface area (Å²) < 4.78 is 0. The fourth-order valence-corrected chi connectivity index (χ4v) is 3.39. The van der Waals surface area contributed by atoms with E-state index in [0.717, 1.165) is 23.7 Å². The van der Waals surface area contributed by atoms with Gasteiger partial charge in [-0.15, -0.1) is 11.8 Å². The summed E-state index contributed by atoms with van der Waals surface area (Å²) in [4.78, 5) is 27.0. The van der Waals surface area contributed by atoms with Crippen LogP contribution >= 0.6 is 23.4 Å². The van der Waals surface area contributed by atoms with Crippen molar-refractivity contribution >= 4 is 40.9 Å². The monoisotopic (exact) mass is 391 g/mol. The molecule has 0 radical (unpaired) electrons. The zero-order chi connectivity index (χ0) is 18.9. The Morgan fingerprint density at radius 1 is 1.00 bits per heavy atom. The van der Waals surface area contributed by atoms with E-state index in [1.54, 1.807) is 18.2 Å². The average Bonchev–Trinajstić information content (AvgIpc) is 2.67. The smallest absolute Gasteiger partial charge is 0.269 e. The number of benzene rings is 2. The van der Waals surface area contributed by atoms with Crippen molar-refractivity contribution in [1.82, 2.24) is 10.9 Å². The molecule has 0 aliphatic heterocycles. The molecule has 5 nitrogen and oxygen atoms in total. The van der Waals surface area contributed by atoms with Crippen LogP contribution in [0.15, 0.2) is 53.4 Å². The van der Waals surface area contributed by atoms with Crippen molar-refractivity contribution in [3.63, 3.8) is 0 Å². The van der Waals surface area contributed by atoms with Crippen molar-refractivity contribution in [3.05, 3.63) is 59.1 Å². The molecule has 2 aromatic carbocycles. The number of rotatable bonds is 7. The third kappa shape index (κ3) is 5.68. The van der Waals surface area contributed by atoms with E-state index in [9.17, 15) is 9.59 Å². The highest BCUT2D eigenvalue weighted by atomic mass is 35.5.